The molecule has 0 radical (unpaired) electrons. The number of hydrogen-bond acceptors (Lipinski definition) is 3. The average Bonchev–Trinajstić information content (AvgIpc) is 2.77. The van der Waals surface area contributed by atoms with Gasteiger partial charge in [-0.05, 0) is 37.5 Å². The summed E-state index contributed by atoms with van der Waals surface area (Å²) < 4.78 is 1.86. The summed E-state index contributed by atoms with van der Waals surface area (Å²) in [5.41, 5.74) is 7.86. The van der Waals surface area contributed by atoms with Crippen LogP contribution >= 0.6 is 0 Å². The Morgan fingerprint density at radius 1 is 1.33 bits per heavy atom. The molecule has 4 heteroatoms. The molecule has 1 unspecified atom stereocenters. The van der Waals surface area contributed by atoms with E-state index in [1.165, 1.54) is 16.7 Å². The normalized spacial score (nSPS) is 12.7. The van der Waals surface area contributed by atoms with Gasteiger partial charge in [0.05, 0.1) is 11.7 Å². The van der Waals surface area contributed by atoms with Gasteiger partial charge in [-0.2, -0.15) is 5.10 Å². The summed E-state index contributed by atoms with van der Waals surface area (Å²) in [6.07, 6.45) is 2.66. The molecule has 0 aliphatic carbocycles. The second-order valence-electron chi connectivity index (χ2n) is 4.73. The Morgan fingerprint density at radius 2 is 2.11 bits per heavy atom. The Labute approximate surface area is 108 Å². The molecule has 0 spiro atoms. The van der Waals surface area contributed by atoms with Crippen LogP contribution in [0.15, 0.2) is 30.5 Å². The Bertz CT molecular complexity index is 530. The summed E-state index contributed by atoms with van der Waals surface area (Å²) in [6, 6.07) is 8.58. The fourth-order valence-corrected chi connectivity index (χ4v) is 2.21. The van der Waals surface area contributed by atoms with Crippen molar-refractivity contribution in [2.24, 2.45) is 12.9 Å². The molecule has 18 heavy (non-hydrogen) atoms. The predicted molar refractivity (Wildman–Crippen MR) is 72.9 cm³/mol. The molecule has 1 aromatic heterocycles. The van der Waals surface area contributed by atoms with Crippen LogP contribution in [0, 0.1) is 13.8 Å². The van der Waals surface area contributed by atoms with Gasteiger partial charge in [0.2, 0.25) is 0 Å². The van der Waals surface area contributed by atoms with Crippen LogP contribution in [-0.2, 0) is 13.5 Å². The molecule has 0 bridgehead atoms. The topological polar surface area (TPSA) is 55.9 Å². The maximum absolute atomic E-state index is 5.68. The van der Waals surface area contributed by atoms with E-state index < -0.39 is 0 Å². The summed E-state index contributed by atoms with van der Waals surface area (Å²) >= 11 is 0. The van der Waals surface area contributed by atoms with E-state index in [0.29, 0.717) is 0 Å². The Morgan fingerprint density at radius 3 is 2.72 bits per heavy atom. The molecule has 96 valence electrons. The van der Waals surface area contributed by atoms with Crippen LogP contribution in [0.25, 0.3) is 0 Å². The monoisotopic (exact) mass is 244 g/mol. The molecular formula is C14H20N4. The first kappa shape index (κ1) is 12.8. The molecule has 1 aromatic carbocycles. The van der Waals surface area contributed by atoms with Crippen molar-refractivity contribution in [1.29, 1.82) is 0 Å². The van der Waals surface area contributed by atoms with Crippen molar-refractivity contribution in [2.75, 3.05) is 0 Å². The highest BCUT2D eigenvalue weighted by Gasteiger charge is 2.15. The van der Waals surface area contributed by atoms with Gasteiger partial charge in [0, 0.05) is 13.2 Å². The van der Waals surface area contributed by atoms with E-state index in [1.54, 1.807) is 6.20 Å². The van der Waals surface area contributed by atoms with Crippen molar-refractivity contribution in [3.63, 3.8) is 0 Å². The second-order valence-corrected chi connectivity index (χ2v) is 4.73. The van der Waals surface area contributed by atoms with Crippen molar-refractivity contribution in [1.82, 2.24) is 15.2 Å². The molecule has 0 saturated carbocycles. The molecule has 4 nitrogen and oxygen atoms in total. The Balaban J connectivity index is 2.26. The maximum atomic E-state index is 5.68. The van der Waals surface area contributed by atoms with Gasteiger partial charge in [-0.15, -0.1) is 0 Å². The van der Waals surface area contributed by atoms with Crippen molar-refractivity contribution in [3.05, 3.63) is 52.8 Å². The molecule has 0 saturated heterocycles. The second kappa shape index (κ2) is 5.33. The number of nitrogens with one attached hydrogen (secondary N) is 1. The third kappa shape index (κ3) is 2.60. The number of benzene rings is 1. The fraction of sp³-hybridized carbons (Fsp3) is 0.357. The van der Waals surface area contributed by atoms with Gasteiger partial charge in [0.15, 0.2) is 0 Å². The Hall–Kier alpha value is -1.65. The lowest BCUT2D eigenvalue weighted by Crippen LogP contribution is -2.31. The number of nitrogens with zero attached hydrogens (tertiary/aromatic N) is 2. The highest BCUT2D eigenvalue weighted by molar-refractivity contribution is 5.31. The van der Waals surface area contributed by atoms with Crippen LogP contribution in [0.4, 0.5) is 0 Å². The van der Waals surface area contributed by atoms with E-state index in [9.17, 15) is 0 Å². The van der Waals surface area contributed by atoms with Crippen molar-refractivity contribution in [2.45, 2.75) is 26.3 Å². The lowest BCUT2D eigenvalue weighted by molar-refractivity contribution is 0.507. The maximum Gasteiger partial charge on any atom is 0.0669 e. The molecule has 2 aromatic rings. The number of rotatable bonds is 4. The van der Waals surface area contributed by atoms with Crippen molar-refractivity contribution < 1.29 is 0 Å². The van der Waals surface area contributed by atoms with Crippen LogP contribution in [0.5, 0.6) is 0 Å². The summed E-state index contributed by atoms with van der Waals surface area (Å²) in [5, 5.41) is 4.19. The third-order valence-electron chi connectivity index (χ3n) is 3.35. The lowest BCUT2D eigenvalue weighted by Gasteiger charge is -2.18. The lowest BCUT2D eigenvalue weighted by atomic mass is 9.98. The van der Waals surface area contributed by atoms with Crippen LogP contribution < -0.4 is 11.3 Å². The van der Waals surface area contributed by atoms with E-state index >= 15 is 0 Å². The smallest absolute Gasteiger partial charge is 0.0669 e. The highest BCUT2D eigenvalue weighted by Crippen LogP contribution is 2.20. The molecule has 1 heterocycles. The first-order valence-corrected chi connectivity index (χ1v) is 6.12. The largest absolute Gasteiger partial charge is 0.271 e. The third-order valence-corrected chi connectivity index (χ3v) is 3.35. The van der Waals surface area contributed by atoms with E-state index in [0.717, 1.165) is 12.1 Å². The summed E-state index contributed by atoms with van der Waals surface area (Å²) in [7, 11) is 1.93. The van der Waals surface area contributed by atoms with Crippen molar-refractivity contribution >= 4 is 0 Å². The number of nitrogens with two attached hydrogens (primary N) is 1. The average molecular weight is 244 g/mol. The van der Waals surface area contributed by atoms with Gasteiger partial charge in [-0.3, -0.25) is 16.0 Å². The van der Waals surface area contributed by atoms with E-state index in [-0.39, 0.29) is 6.04 Å². The first-order valence-electron chi connectivity index (χ1n) is 6.12. The SMILES string of the molecule is Cc1ccc(C)c(CC(NN)c2ccnn2C)c1. The zero-order valence-corrected chi connectivity index (χ0v) is 11.1. The van der Waals surface area contributed by atoms with E-state index in [4.69, 9.17) is 5.84 Å². The van der Waals surface area contributed by atoms with Crippen LogP contribution in [-0.4, -0.2) is 9.78 Å². The summed E-state index contributed by atoms with van der Waals surface area (Å²) in [4.78, 5) is 0. The number of aryl methyl sites for hydroxylation is 3. The van der Waals surface area contributed by atoms with Crippen LogP contribution in [0.2, 0.25) is 0 Å². The minimum atomic E-state index is 0.0815. The zero-order chi connectivity index (χ0) is 13.1. The van der Waals surface area contributed by atoms with Crippen LogP contribution in [0.1, 0.15) is 28.4 Å². The number of hydrogen-bond donors (Lipinski definition) is 2. The Kier molecular flexibility index (Phi) is 3.79. The van der Waals surface area contributed by atoms with Gasteiger partial charge in [-0.25, -0.2) is 0 Å². The minimum Gasteiger partial charge on any atom is -0.271 e. The number of aromatic nitrogens is 2. The van der Waals surface area contributed by atoms with Crippen molar-refractivity contribution in [3.8, 4) is 0 Å². The van der Waals surface area contributed by atoms with Crippen LogP contribution in [0.3, 0.4) is 0 Å². The van der Waals surface area contributed by atoms with Gasteiger partial charge in [0.25, 0.3) is 0 Å². The molecule has 3 N–H and O–H groups in total. The fourth-order valence-electron chi connectivity index (χ4n) is 2.21. The summed E-state index contributed by atoms with van der Waals surface area (Å²) in [6.45, 7) is 4.24. The van der Waals surface area contributed by atoms with Gasteiger partial charge < -0.3 is 0 Å². The molecule has 0 aliphatic rings. The zero-order valence-electron chi connectivity index (χ0n) is 11.1. The van der Waals surface area contributed by atoms with E-state index in [2.05, 4.69) is 42.6 Å². The predicted octanol–water partition coefficient (Wildman–Crippen LogP) is 1.78. The highest BCUT2D eigenvalue weighted by atomic mass is 15.3. The number of hydrazine groups is 1. The molecule has 1 atom stereocenters. The van der Waals surface area contributed by atoms with Gasteiger partial charge in [0.1, 0.15) is 0 Å². The van der Waals surface area contributed by atoms with Gasteiger partial charge >= 0.3 is 0 Å². The first-order chi connectivity index (χ1) is 8.61. The quantitative estimate of drug-likeness (QED) is 0.637. The molecule has 0 amide bonds. The van der Waals surface area contributed by atoms with Gasteiger partial charge in [-0.1, -0.05) is 23.8 Å². The summed E-state index contributed by atoms with van der Waals surface area (Å²) in [5.74, 6) is 5.68. The molecule has 0 fully saturated rings. The standard InChI is InChI=1S/C14H20N4/c1-10-4-5-11(2)12(8-10)9-13(17-15)14-6-7-16-18(14)3/h4-8,13,17H,9,15H2,1-3H3. The molecular weight excluding hydrogens is 224 g/mol. The van der Waals surface area contributed by atoms with E-state index in [1.807, 2.05) is 17.8 Å². The molecule has 0 aliphatic heterocycles. The minimum absolute atomic E-state index is 0.0815. The molecule has 2 rings (SSSR count).